The minimum atomic E-state index is 0.246. The van der Waals surface area contributed by atoms with Gasteiger partial charge in [0, 0.05) is 19.0 Å². The van der Waals surface area contributed by atoms with Gasteiger partial charge in [-0.3, -0.25) is 4.79 Å². The summed E-state index contributed by atoms with van der Waals surface area (Å²) < 4.78 is 0. The van der Waals surface area contributed by atoms with Gasteiger partial charge in [-0.1, -0.05) is 75.7 Å². The summed E-state index contributed by atoms with van der Waals surface area (Å²) in [5, 5.41) is 0. The van der Waals surface area contributed by atoms with Crippen LogP contribution < -0.4 is 0 Å². The molecule has 0 saturated carbocycles. The third-order valence-corrected chi connectivity index (χ3v) is 5.28. The maximum atomic E-state index is 12.7. The van der Waals surface area contributed by atoms with E-state index >= 15 is 0 Å². The number of unbranched alkanes of at least 4 members (excludes halogenated alkanes) is 1. The second kappa shape index (κ2) is 9.56. The van der Waals surface area contributed by atoms with Crippen molar-refractivity contribution in [1.82, 2.24) is 4.90 Å². The lowest BCUT2D eigenvalue weighted by atomic mass is 9.98. The number of aryl methyl sites for hydroxylation is 1. The van der Waals surface area contributed by atoms with Crippen molar-refractivity contribution in [3.63, 3.8) is 0 Å². The first kappa shape index (κ1) is 20.2. The molecule has 2 aromatic rings. The van der Waals surface area contributed by atoms with Crippen molar-refractivity contribution in [1.29, 1.82) is 0 Å². The van der Waals surface area contributed by atoms with Crippen molar-refractivity contribution in [2.75, 3.05) is 0 Å². The molecule has 1 atom stereocenters. The molecule has 1 unspecified atom stereocenters. The van der Waals surface area contributed by atoms with Crippen molar-refractivity contribution in [2.45, 2.75) is 66.5 Å². The van der Waals surface area contributed by atoms with E-state index in [1.165, 1.54) is 22.3 Å². The summed E-state index contributed by atoms with van der Waals surface area (Å²) in [6.45, 7) is 11.5. The van der Waals surface area contributed by atoms with Gasteiger partial charge in [-0.15, -0.1) is 0 Å². The molecule has 0 aliphatic carbocycles. The van der Waals surface area contributed by atoms with Crippen LogP contribution in [0.1, 0.15) is 58.1 Å². The van der Waals surface area contributed by atoms with Crippen LogP contribution in [0.25, 0.3) is 11.1 Å². The van der Waals surface area contributed by atoms with E-state index in [2.05, 4.69) is 88.0 Å². The first-order valence-electron chi connectivity index (χ1n) is 9.88. The molecule has 2 rings (SSSR count). The largest absolute Gasteiger partial charge is 0.335 e. The highest BCUT2D eigenvalue weighted by Gasteiger charge is 2.22. The number of rotatable bonds is 8. The Hall–Kier alpha value is -2.09. The standard InChI is InChI=1S/C24H33NO/c1-6-7-12-24(26)25(20(5)18(2)3)17-21-13-15-22(16-14-21)23-11-9-8-10-19(23)4/h8-11,13-16,18,20H,6-7,12,17H2,1-5H3. The van der Waals surface area contributed by atoms with Gasteiger partial charge >= 0.3 is 0 Å². The van der Waals surface area contributed by atoms with Crippen molar-refractivity contribution < 1.29 is 4.79 Å². The van der Waals surface area contributed by atoms with E-state index in [0.29, 0.717) is 18.9 Å². The third-order valence-electron chi connectivity index (χ3n) is 5.28. The van der Waals surface area contributed by atoms with Crippen molar-refractivity contribution in [2.24, 2.45) is 5.92 Å². The van der Waals surface area contributed by atoms with Crippen LogP contribution in [0.15, 0.2) is 48.5 Å². The molecule has 0 bridgehead atoms. The zero-order chi connectivity index (χ0) is 19.1. The summed E-state index contributed by atoms with van der Waals surface area (Å²) in [7, 11) is 0. The van der Waals surface area contributed by atoms with E-state index in [1.807, 2.05) is 0 Å². The van der Waals surface area contributed by atoms with Crippen LogP contribution >= 0.6 is 0 Å². The predicted octanol–water partition coefficient (Wildman–Crippen LogP) is 6.23. The smallest absolute Gasteiger partial charge is 0.223 e. The first-order chi connectivity index (χ1) is 12.4. The molecule has 2 aromatic carbocycles. The first-order valence-corrected chi connectivity index (χ1v) is 9.88. The fraction of sp³-hybridized carbons (Fsp3) is 0.458. The fourth-order valence-electron chi connectivity index (χ4n) is 3.17. The molecule has 2 nitrogen and oxygen atoms in total. The summed E-state index contributed by atoms with van der Waals surface area (Å²) in [4.78, 5) is 14.8. The van der Waals surface area contributed by atoms with Gasteiger partial charge in [-0.25, -0.2) is 0 Å². The summed E-state index contributed by atoms with van der Waals surface area (Å²) in [5.74, 6) is 0.725. The van der Waals surface area contributed by atoms with Crippen LogP contribution in [0.5, 0.6) is 0 Å². The number of carbonyl (C=O) groups is 1. The molecule has 0 aliphatic heterocycles. The maximum Gasteiger partial charge on any atom is 0.223 e. The number of amides is 1. The Bertz CT molecular complexity index is 702. The van der Waals surface area contributed by atoms with E-state index in [-0.39, 0.29) is 11.9 Å². The zero-order valence-corrected chi connectivity index (χ0v) is 17.0. The van der Waals surface area contributed by atoms with Crippen LogP contribution in [-0.4, -0.2) is 16.8 Å². The molecule has 0 aliphatic rings. The Morgan fingerprint density at radius 2 is 1.65 bits per heavy atom. The van der Waals surface area contributed by atoms with Gasteiger partial charge < -0.3 is 4.90 Å². The Kier molecular flexibility index (Phi) is 7.44. The van der Waals surface area contributed by atoms with E-state index in [4.69, 9.17) is 0 Å². The average molecular weight is 352 g/mol. The maximum absolute atomic E-state index is 12.7. The van der Waals surface area contributed by atoms with Gasteiger partial charge in [0.1, 0.15) is 0 Å². The molecule has 0 spiro atoms. The Balaban J connectivity index is 2.17. The highest BCUT2D eigenvalue weighted by Crippen LogP contribution is 2.24. The summed E-state index contributed by atoms with van der Waals surface area (Å²) in [6, 6.07) is 17.4. The molecule has 1 amide bonds. The van der Waals surface area contributed by atoms with Crippen molar-refractivity contribution in [3.05, 3.63) is 59.7 Å². The number of hydrogen-bond donors (Lipinski definition) is 0. The number of carbonyl (C=O) groups excluding carboxylic acids is 1. The lowest BCUT2D eigenvalue weighted by molar-refractivity contribution is -0.135. The molecule has 2 heteroatoms. The van der Waals surface area contributed by atoms with E-state index in [0.717, 1.165) is 12.8 Å². The molecular formula is C24H33NO. The molecule has 0 aromatic heterocycles. The highest BCUT2D eigenvalue weighted by molar-refractivity contribution is 5.76. The van der Waals surface area contributed by atoms with Gasteiger partial charge in [0.05, 0.1) is 0 Å². The van der Waals surface area contributed by atoms with Gasteiger partial charge in [-0.2, -0.15) is 0 Å². The van der Waals surface area contributed by atoms with Crippen molar-refractivity contribution in [3.8, 4) is 11.1 Å². The Labute approximate surface area is 159 Å². The van der Waals surface area contributed by atoms with Crippen LogP contribution in [-0.2, 0) is 11.3 Å². The van der Waals surface area contributed by atoms with E-state index in [9.17, 15) is 4.79 Å². The van der Waals surface area contributed by atoms with Crippen LogP contribution in [0.4, 0.5) is 0 Å². The second-order valence-electron chi connectivity index (χ2n) is 7.62. The normalized spacial score (nSPS) is 12.2. The monoisotopic (exact) mass is 351 g/mol. The average Bonchev–Trinajstić information content (AvgIpc) is 2.64. The summed E-state index contributed by atoms with van der Waals surface area (Å²) >= 11 is 0. The number of hydrogen-bond acceptors (Lipinski definition) is 1. The lowest BCUT2D eigenvalue weighted by Crippen LogP contribution is -2.40. The summed E-state index contributed by atoms with van der Waals surface area (Å²) in [5.41, 5.74) is 4.97. The Morgan fingerprint density at radius 3 is 2.23 bits per heavy atom. The molecule has 0 heterocycles. The topological polar surface area (TPSA) is 20.3 Å². The minimum Gasteiger partial charge on any atom is -0.335 e. The summed E-state index contributed by atoms with van der Waals surface area (Å²) in [6.07, 6.45) is 2.67. The predicted molar refractivity (Wildman–Crippen MR) is 111 cm³/mol. The van der Waals surface area contributed by atoms with Gasteiger partial charge in [0.15, 0.2) is 0 Å². The minimum absolute atomic E-state index is 0.246. The zero-order valence-electron chi connectivity index (χ0n) is 17.0. The van der Waals surface area contributed by atoms with Crippen LogP contribution in [0.3, 0.4) is 0 Å². The quantitative estimate of drug-likeness (QED) is 0.552. The van der Waals surface area contributed by atoms with E-state index in [1.54, 1.807) is 0 Å². The van der Waals surface area contributed by atoms with Gasteiger partial charge in [0.25, 0.3) is 0 Å². The SMILES string of the molecule is CCCCC(=O)N(Cc1ccc(-c2ccccc2C)cc1)C(C)C(C)C. The van der Waals surface area contributed by atoms with Crippen LogP contribution in [0.2, 0.25) is 0 Å². The van der Waals surface area contributed by atoms with Crippen molar-refractivity contribution >= 4 is 5.91 Å². The number of benzene rings is 2. The van der Waals surface area contributed by atoms with Gasteiger partial charge in [0.2, 0.25) is 5.91 Å². The molecule has 0 fully saturated rings. The Morgan fingerprint density at radius 1 is 1.00 bits per heavy atom. The molecule has 140 valence electrons. The number of nitrogens with zero attached hydrogens (tertiary/aromatic N) is 1. The molecule has 0 N–H and O–H groups in total. The fourth-order valence-corrected chi connectivity index (χ4v) is 3.17. The van der Waals surface area contributed by atoms with Crippen LogP contribution in [0, 0.1) is 12.8 Å². The second-order valence-corrected chi connectivity index (χ2v) is 7.62. The van der Waals surface area contributed by atoms with E-state index < -0.39 is 0 Å². The molecule has 26 heavy (non-hydrogen) atoms. The molecule has 0 saturated heterocycles. The third kappa shape index (κ3) is 5.20. The highest BCUT2D eigenvalue weighted by atomic mass is 16.2. The lowest BCUT2D eigenvalue weighted by Gasteiger charge is -2.32. The molecule has 0 radical (unpaired) electrons. The molecular weight excluding hydrogens is 318 g/mol. The van der Waals surface area contributed by atoms with Gasteiger partial charge in [-0.05, 0) is 48.4 Å².